The molecular weight excluding hydrogens is 351 g/mol. The van der Waals surface area contributed by atoms with Gasteiger partial charge in [0.1, 0.15) is 5.66 Å². The number of anilines is 1. The van der Waals surface area contributed by atoms with Gasteiger partial charge in [-0.3, -0.25) is 4.90 Å². The Bertz CT molecular complexity index is 723. The summed E-state index contributed by atoms with van der Waals surface area (Å²) < 4.78 is 41.1. The van der Waals surface area contributed by atoms with Crippen LogP contribution in [0.5, 0.6) is 0 Å². The van der Waals surface area contributed by atoms with Crippen LogP contribution in [-0.2, 0) is 6.18 Å². The van der Waals surface area contributed by atoms with Gasteiger partial charge in [0, 0.05) is 4.90 Å². The molecule has 5 nitrogen and oxygen atoms in total. The molecule has 25 heavy (non-hydrogen) atoms. The van der Waals surface area contributed by atoms with Gasteiger partial charge >= 0.3 is 6.18 Å². The van der Waals surface area contributed by atoms with Crippen LogP contribution in [-0.4, -0.2) is 23.8 Å². The summed E-state index contributed by atoms with van der Waals surface area (Å²) in [6.45, 7) is 0. The largest absolute Gasteiger partial charge is 0.418 e. The lowest BCUT2D eigenvalue weighted by molar-refractivity contribution is -0.137. The third-order valence-corrected chi connectivity index (χ3v) is 5.33. The minimum Gasteiger partial charge on any atom is -0.369 e. The molecule has 1 aromatic rings. The Kier molecular flexibility index (Phi) is 4.61. The highest BCUT2D eigenvalue weighted by atomic mass is 32.2. The van der Waals surface area contributed by atoms with E-state index in [-0.39, 0.29) is 17.6 Å². The molecule has 2 aliphatic rings. The van der Waals surface area contributed by atoms with E-state index in [0.29, 0.717) is 17.7 Å². The van der Waals surface area contributed by atoms with Gasteiger partial charge in [0.2, 0.25) is 11.9 Å². The second kappa shape index (κ2) is 6.44. The van der Waals surface area contributed by atoms with Crippen molar-refractivity contribution in [1.82, 2.24) is 0 Å². The number of halogens is 3. The Morgan fingerprint density at radius 1 is 1.16 bits per heavy atom. The van der Waals surface area contributed by atoms with Crippen LogP contribution in [0.25, 0.3) is 0 Å². The molecule has 0 bridgehead atoms. The highest BCUT2D eigenvalue weighted by Crippen LogP contribution is 2.45. The fourth-order valence-corrected chi connectivity index (χ4v) is 3.97. The first kappa shape index (κ1) is 17.9. The lowest BCUT2D eigenvalue weighted by Crippen LogP contribution is -2.58. The Balaban J connectivity index is 2.17. The summed E-state index contributed by atoms with van der Waals surface area (Å²) in [6.07, 6.45) is 1.12. The molecule has 0 unspecified atom stereocenters. The Morgan fingerprint density at radius 3 is 2.44 bits per heavy atom. The zero-order valence-electron chi connectivity index (χ0n) is 13.8. The molecule has 1 spiro atoms. The van der Waals surface area contributed by atoms with E-state index < -0.39 is 17.4 Å². The highest BCUT2D eigenvalue weighted by molar-refractivity contribution is 7.98. The summed E-state index contributed by atoms with van der Waals surface area (Å²) in [4.78, 5) is 10.3. The van der Waals surface area contributed by atoms with Gasteiger partial charge < -0.3 is 11.5 Å². The predicted octanol–water partition coefficient (Wildman–Crippen LogP) is 3.54. The number of hydrogen-bond donors (Lipinski definition) is 2. The number of alkyl halides is 3. The van der Waals surface area contributed by atoms with Crippen LogP contribution in [0.4, 0.5) is 18.9 Å². The van der Waals surface area contributed by atoms with Crippen LogP contribution in [0.2, 0.25) is 0 Å². The molecule has 1 heterocycles. The number of guanidine groups is 2. The van der Waals surface area contributed by atoms with Gasteiger partial charge in [0.05, 0.1) is 11.3 Å². The van der Waals surface area contributed by atoms with Gasteiger partial charge in [-0.25, -0.2) is 4.99 Å². The molecule has 0 amide bonds. The van der Waals surface area contributed by atoms with E-state index >= 15 is 0 Å². The maximum Gasteiger partial charge on any atom is 0.418 e. The van der Waals surface area contributed by atoms with E-state index in [9.17, 15) is 13.2 Å². The smallest absolute Gasteiger partial charge is 0.369 e. The van der Waals surface area contributed by atoms with Crippen molar-refractivity contribution in [2.75, 3.05) is 11.2 Å². The Labute approximate surface area is 148 Å². The lowest BCUT2D eigenvalue weighted by Gasteiger charge is -2.46. The molecule has 1 aromatic carbocycles. The van der Waals surface area contributed by atoms with Crippen LogP contribution in [0.1, 0.15) is 37.7 Å². The van der Waals surface area contributed by atoms with Crippen LogP contribution in [0.3, 0.4) is 0 Å². The number of hydrogen-bond acceptors (Lipinski definition) is 6. The van der Waals surface area contributed by atoms with Crippen LogP contribution < -0.4 is 16.4 Å². The molecule has 0 aromatic heterocycles. The minimum atomic E-state index is -4.51. The molecule has 1 saturated carbocycles. The normalized spacial score (nSPS) is 20.4. The molecule has 1 aliphatic heterocycles. The second-order valence-corrected chi connectivity index (χ2v) is 7.08. The molecule has 3 rings (SSSR count). The third-order valence-electron chi connectivity index (χ3n) is 4.60. The summed E-state index contributed by atoms with van der Waals surface area (Å²) in [6, 6.07) is 4.25. The van der Waals surface area contributed by atoms with Crippen molar-refractivity contribution >= 4 is 29.4 Å². The summed E-state index contributed by atoms with van der Waals surface area (Å²) in [5.74, 6) is -0.0262. The molecule has 0 radical (unpaired) electrons. The Morgan fingerprint density at radius 2 is 1.84 bits per heavy atom. The number of nitrogens with two attached hydrogens (primary N) is 2. The van der Waals surface area contributed by atoms with E-state index in [4.69, 9.17) is 11.5 Å². The second-order valence-electron chi connectivity index (χ2n) is 6.20. The van der Waals surface area contributed by atoms with E-state index in [2.05, 4.69) is 9.98 Å². The van der Waals surface area contributed by atoms with Crippen molar-refractivity contribution in [1.29, 1.82) is 0 Å². The highest BCUT2D eigenvalue weighted by Gasteiger charge is 2.46. The van der Waals surface area contributed by atoms with Gasteiger partial charge in [-0.05, 0) is 50.1 Å². The van der Waals surface area contributed by atoms with Crippen molar-refractivity contribution in [2.24, 2.45) is 21.5 Å². The van der Waals surface area contributed by atoms with Crippen molar-refractivity contribution in [3.8, 4) is 0 Å². The van der Waals surface area contributed by atoms with E-state index in [1.54, 1.807) is 12.3 Å². The van der Waals surface area contributed by atoms with E-state index in [1.165, 1.54) is 22.7 Å². The SMILES string of the molecule is CSc1ccc(N2C(N)=NC(N)=NC23CCCCC3)c(C(F)(F)F)c1. The van der Waals surface area contributed by atoms with Crippen LogP contribution in [0, 0.1) is 0 Å². The summed E-state index contributed by atoms with van der Waals surface area (Å²) >= 11 is 1.26. The van der Waals surface area contributed by atoms with Gasteiger partial charge in [-0.2, -0.15) is 18.2 Å². The molecule has 136 valence electrons. The summed E-state index contributed by atoms with van der Waals surface area (Å²) in [5.41, 5.74) is 10.1. The van der Waals surface area contributed by atoms with E-state index in [0.717, 1.165) is 25.3 Å². The fraction of sp³-hybridized carbons (Fsp3) is 0.500. The standard InChI is InChI=1S/C16H20F3N5S/c1-25-10-5-6-12(11(9-10)16(17,18)19)24-14(21)22-13(20)23-15(24)7-3-2-4-8-15/h5-6,9H,2-4,7-8H2,1H3,(H4,20,21,22,23). The molecular formula is C16H20F3N5S. The first-order chi connectivity index (χ1) is 11.8. The van der Waals surface area contributed by atoms with E-state index in [1.807, 2.05) is 0 Å². The molecule has 9 heteroatoms. The van der Waals surface area contributed by atoms with Gasteiger partial charge in [-0.1, -0.05) is 6.42 Å². The zero-order chi connectivity index (χ0) is 18.2. The number of rotatable bonds is 2. The average molecular weight is 371 g/mol. The quantitative estimate of drug-likeness (QED) is 0.780. The van der Waals surface area contributed by atoms with Gasteiger partial charge in [0.25, 0.3) is 0 Å². The van der Waals surface area contributed by atoms with Crippen molar-refractivity contribution < 1.29 is 13.2 Å². The van der Waals surface area contributed by atoms with Crippen LogP contribution in [0.15, 0.2) is 33.1 Å². The average Bonchev–Trinajstić information content (AvgIpc) is 2.54. The van der Waals surface area contributed by atoms with Crippen molar-refractivity contribution in [2.45, 2.75) is 48.8 Å². The fourth-order valence-electron chi connectivity index (χ4n) is 3.53. The number of thioether (sulfide) groups is 1. The number of aliphatic imine (C=N–C) groups is 2. The monoisotopic (exact) mass is 371 g/mol. The maximum absolute atomic E-state index is 13.7. The third kappa shape index (κ3) is 3.29. The first-order valence-corrected chi connectivity index (χ1v) is 9.24. The summed E-state index contributed by atoms with van der Waals surface area (Å²) in [7, 11) is 0. The van der Waals surface area contributed by atoms with Gasteiger partial charge in [0.15, 0.2) is 0 Å². The topological polar surface area (TPSA) is 80.0 Å². The first-order valence-electron chi connectivity index (χ1n) is 8.02. The van der Waals surface area contributed by atoms with Crippen LogP contribution >= 0.6 is 11.8 Å². The van der Waals surface area contributed by atoms with Gasteiger partial charge in [-0.15, -0.1) is 11.8 Å². The van der Waals surface area contributed by atoms with Crippen molar-refractivity contribution in [3.05, 3.63) is 23.8 Å². The number of nitrogens with zero attached hydrogens (tertiary/aromatic N) is 3. The predicted molar refractivity (Wildman–Crippen MR) is 94.8 cm³/mol. The molecule has 0 saturated heterocycles. The molecule has 1 fully saturated rings. The Hall–Kier alpha value is -1.90. The molecule has 4 N–H and O–H groups in total. The minimum absolute atomic E-state index is 0.0185. The van der Waals surface area contributed by atoms with Crippen molar-refractivity contribution in [3.63, 3.8) is 0 Å². The lowest BCUT2D eigenvalue weighted by atomic mass is 9.87. The maximum atomic E-state index is 13.7. The molecule has 1 aliphatic carbocycles. The summed E-state index contributed by atoms with van der Waals surface area (Å²) in [5, 5.41) is 0. The number of benzene rings is 1. The molecule has 0 atom stereocenters. The zero-order valence-corrected chi connectivity index (χ0v) is 14.6.